The lowest BCUT2D eigenvalue weighted by atomic mass is 9.90. The number of rotatable bonds is 1. The molecule has 2 heterocycles. The number of nitrogens with zero attached hydrogens (tertiary/aromatic N) is 1. The van der Waals surface area contributed by atoms with Crippen LogP contribution in [-0.4, -0.2) is 41.4 Å². The van der Waals surface area contributed by atoms with Crippen LogP contribution in [-0.2, 0) is 0 Å². The molecule has 0 aromatic rings. The molecule has 2 fully saturated rings. The molecule has 2 heteroatoms. The number of aliphatic hydroxyl groups excluding tert-OH is 1. The van der Waals surface area contributed by atoms with E-state index >= 15 is 0 Å². The zero-order valence-corrected chi connectivity index (χ0v) is 8.00. The SMILES string of the molecule is CCC1CCCC[N+]12CC(O)C2. The molecule has 70 valence electrons. The van der Waals surface area contributed by atoms with Crippen LogP contribution >= 0.6 is 0 Å². The predicted molar refractivity (Wildman–Crippen MR) is 48.8 cm³/mol. The maximum absolute atomic E-state index is 9.36. The van der Waals surface area contributed by atoms with E-state index in [2.05, 4.69) is 6.92 Å². The fraction of sp³-hybridized carbons (Fsp3) is 1.00. The average molecular weight is 170 g/mol. The first-order chi connectivity index (χ1) is 5.77. The van der Waals surface area contributed by atoms with Crippen molar-refractivity contribution in [3.05, 3.63) is 0 Å². The van der Waals surface area contributed by atoms with E-state index in [0.29, 0.717) is 0 Å². The van der Waals surface area contributed by atoms with Crippen LogP contribution in [0, 0.1) is 0 Å². The molecule has 2 nitrogen and oxygen atoms in total. The number of quaternary nitrogens is 1. The van der Waals surface area contributed by atoms with Gasteiger partial charge < -0.3 is 9.59 Å². The van der Waals surface area contributed by atoms with Gasteiger partial charge in [-0.1, -0.05) is 6.92 Å². The summed E-state index contributed by atoms with van der Waals surface area (Å²) in [6.07, 6.45) is 5.49. The summed E-state index contributed by atoms with van der Waals surface area (Å²) >= 11 is 0. The van der Waals surface area contributed by atoms with E-state index in [1.807, 2.05) is 0 Å². The Balaban J connectivity index is 2.01. The number of hydrogen-bond donors (Lipinski definition) is 1. The van der Waals surface area contributed by atoms with E-state index in [0.717, 1.165) is 19.1 Å². The van der Waals surface area contributed by atoms with Gasteiger partial charge in [0.15, 0.2) is 6.10 Å². The summed E-state index contributed by atoms with van der Waals surface area (Å²) in [5, 5.41) is 9.36. The third kappa shape index (κ3) is 1.17. The van der Waals surface area contributed by atoms with Crippen LogP contribution in [0.15, 0.2) is 0 Å². The van der Waals surface area contributed by atoms with Crippen LogP contribution < -0.4 is 0 Å². The molecule has 0 bridgehead atoms. The lowest BCUT2D eigenvalue weighted by Gasteiger charge is -2.55. The van der Waals surface area contributed by atoms with Crippen molar-refractivity contribution < 1.29 is 9.59 Å². The second-order valence-corrected chi connectivity index (χ2v) is 4.52. The first-order valence-corrected chi connectivity index (χ1v) is 5.31. The van der Waals surface area contributed by atoms with Crippen molar-refractivity contribution in [2.75, 3.05) is 19.6 Å². The standard InChI is InChI=1S/C10H20NO/c1-2-9-5-3-4-6-11(9)7-10(12)8-11/h9-10,12H,2-8H2,1H3/q+1. The highest BCUT2D eigenvalue weighted by atomic mass is 16.3. The van der Waals surface area contributed by atoms with E-state index < -0.39 is 0 Å². The Morgan fingerprint density at radius 2 is 2.08 bits per heavy atom. The Bertz CT molecular complexity index is 158. The zero-order chi connectivity index (χ0) is 8.60. The molecule has 0 saturated carbocycles. The second-order valence-electron chi connectivity index (χ2n) is 4.52. The van der Waals surface area contributed by atoms with Crippen molar-refractivity contribution in [1.29, 1.82) is 0 Å². The normalized spacial score (nSPS) is 47.5. The van der Waals surface area contributed by atoms with E-state index in [-0.39, 0.29) is 6.10 Å². The van der Waals surface area contributed by atoms with Crippen LogP contribution in [0.5, 0.6) is 0 Å². The molecular formula is C10H20NO+. The summed E-state index contributed by atoms with van der Waals surface area (Å²) in [5.74, 6) is 0. The van der Waals surface area contributed by atoms with Gasteiger partial charge in [-0.3, -0.25) is 0 Å². The van der Waals surface area contributed by atoms with Gasteiger partial charge in [-0.25, -0.2) is 0 Å². The van der Waals surface area contributed by atoms with Crippen molar-refractivity contribution in [1.82, 2.24) is 0 Å². The fourth-order valence-electron chi connectivity index (χ4n) is 3.12. The van der Waals surface area contributed by atoms with Crippen LogP contribution in [0.3, 0.4) is 0 Å². The van der Waals surface area contributed by atoms with Gasteiger partial charge in [-0.15, -0.1) is 0 Å². The lowest BCUT2D eigenvalue weighted by molar-refractivity contribution is -0.997. The van der Waals surface area contributed by atoms with E-state index in [9.17, 15) is 5.11 Å². The minimum atomic E-state index is 0.0112. The predicted octanol–water partition coefficient (Wildman–Crippen LogP) is 1.14. The van der Waals surface area contributed by atoms with Gasteiger partial charge in [-0.2, -0.15) is 0 Å². The summed E-state index contributed by atoms with van der Waals surface area (Å²) < 4.78 is 1.25. The Morgan fingerprint density at radius 3 is 2.67 bits per heavy atom. The Hall–Kier alpha value is -0.0800. The van der Waals surface area contributed by atoms with E-state index in [4.69, 9.17) is 0 Å². The monoisotopic (exact) mass is 170 g/mol. The maximum atomic E-state index is 9.36. The summed E-state index contributed by atoms with van der Waals surface area (Å²) in [5.41, 5.74) is 0. The molecule has 2 rings (SSSR count). The molecule has 2 saturated heterocycles. The largest absolute Gasteiger partial charge is 0.382 e. The van der Waals surface area contributed by atoms with Crippen molar-refractivity contribution in [2.24, 2.45) is 0 Å². The van der Waals surface area contributed by atoms with Crippen LogP contribution in [0.1, 0.15) is 32.6 Å². The molecule has 0 radical (unpaired) electrons. The molecule has 0 aromatic carbocycles. The van der Waals surface area contributed by atoms with Gasteiger partial charge in [0, 0.05) is 0 Å². The quantitative estimate of drug-likeness (QED) is 0.585. The van der Waals surface area contributed by atoms with Crippen molar-refractivity contribution in [3.63, 3.8) is 0 Å². The molecule has 0 aromatic heterocycles. The second kappa shape index (κ2) is 3.00. The molecule has 12 heavy (non-hydrogen) atoms. The van der Waals surface area contributed by atoms with Gasteiger partial charge >= 0.3 is 0 Å². The molecule has 0 aliphatic carbocycles. The Labute approximate surface area is 74.8 Å². The number of aliphatic hydroxyl groups is 1. The molecule has 1 unspecified atom stereocenters. The summed E-state index contributed by atoms with van der Waals surface area (Å²) in [6, 6.07) is 0.863. The third-order valence-corrected chi connectivity index (χ3v) is 3.79. The fourth-order valence-corrected chi connectivity index (χ4v) is 3.12. The average Bonchev–Trinajstić information content (AvgIpc) is 2.03. The molecule has 0 amide bonds. The minimum Gasteiger partial charge on any atom is -0.382 e. The highest BCUT2D eigenvalue weighted by Crippen LogP contribution is 2.34. The van der Waals surface area contributed by atoms with Crippen LogP contribution in [0.4, 0.5) is 0 Å². The Morgan fingerprint density at radius 1 is 1.33 bits per heavy atom. The summed E-state index contributed by atoms with van der Waals surface area (Å²) in [7, 11) is 0. The number of piperidine rings is 1. The molecule has 2 aliphatic rings. The lowest BCUT2D eigenvalue weighted by Crippen LogP contribution is -2.71. The summed E-state index contributed by atoms with van der Waals surface area (Å²) in [6.45, 7) is 5.70. The maximum Gasteiger partial charge on any atom is 0.152 e. The van der Waals surface area contributed by atoms with Gasteiger partial charge in [0.05, 0.1) is 12.6 Å². The summed E-state index contributed by atoms with van der Waals surface area (Å²) in [4.78, 5) is 0. The minimum absolute atomic E-state index is 0.0112. The molecular weight excluding hydrogens is 150 g/mol. The smallest absolute Gasteiger partial charge is 0.152 e. The topological polar surface area (TPSA) is 20.2 Å². The van der Waals surface area contributed by atoms with Gasteiger partial charge in [0.1, 0.15) is 13.1 Å². The zero-order valence-electron chi connectivity index (χ0n) is 8.00. The van der Waals surface area contributed by atoms with Crippen molar-refractivity contribution >= 4 is 0 Å². The van der Waals surface area contributed by atoms with Crippen molar-refractivity contribution in [3.8, 4) is 0 Å². The highest BCUT2D eigenvalue weighted by molar-refractivity contribution is 4.75. The first kappa shape index (κ1) is 8.52. The molecule has 2 aliphatic heterocycles. The highest BCUT2D eigenvalue weighted by Gasteiger charge is 2.48. The molecule has 1 N–H and O–H groups in total. The first-order valence-electron chi connectivity index (χ1n) is 5.31. The molecule has 1 atom stereocenters. The van der Waals surface area contributed by atoms with Gasteiger partial charge in [-0.05, 0) is 25.7 Å². The molecule has 1 spiro atoms. The van der Waals surface area contributed by atoms with Gasteiger partial charge in [0.2, 0.25) is 0 Å². The third-order valence-electron chi connectivity index (χ3n) is 3.79. The van der Waals surface area contributed by atoms with E-state index in [1.54, 1.807) is 0 Å². The van der Waals surface area contributed by atoms with Crippen LogP contribution in [0.25, 0.3) is 0 Å². The van der Waals surface area contributed by atoms with Crippen LogP contribution in [0.2, 0.25) is 0 Å². The Kier molecular flexibility index (Phi) is 2.13. The number of hydrogen-bond acceptors (Lipinski definition) is 1. The van der Waals surface area contributed by atoms with Gasteiger partial charge in [0.25, 0.3) is 0 Å². The van der Waals surface area contributed by atoms with E-state index in [1.165, 1.54) is 36.7 Å². The van der Waals surface area contributed by atoms with Crippen molar-refractivity contribution in [2.45, 2.75) is 44.8 Å².